The molecule has 0 spiro atoms. The molecule has 0 saturated carbocycles. The number of nitrogens with two attached hydrogens (primary N) is 2. The Morgan fingerprint density at radius 2 is 1.80 bits per heavy atom. The van der Waals surface area contributed by atoms with Gasteiger partial charge in [0.15, 0.2) is 0 Å². The van der Waals surface area contributed by atoms with Crippen molar-refractivity contribution in [2.45, 2.75) is 11.8 Å². The zero-order valence-corrected chi connectivity index (χ0v) is 12.2. The highest BCUT2D eigenvalue weighted by Gasteiger charge is 2.13. The van der Waals surface area contributed by atoms with Crippen LogP contribution in [0.15, 0.2) is 47.4 Å². The predicted molar refractivity (Wildman–Crippen MR) is 81.5 cm³/mol. The van der Waals surface area contributed by atoms with Gasteiger partial charge >= 0.3 is 0 Å². The molecule has 4 N–H and O–H groups in total. The van der Waals surface area contributed by atoms with Crippen LogP contribution in [0.1, 0.15) is 5.56 Å². The first kappa shape index (κ1) is 14.4. The minimum atomic E-state index is -3.74. The summed E-state index contributed by atoms with van der Waals surface area (Å²) in [5.41, 5.74) is 9.12. The van der Waals surface area contributed by atoms with Crippen molar-refractivity contribution in [3.8, 4) is 0 Å². The van der Waals surface area contributed by atoms with Gasteiger partial charge in [0.25, 0.3) is 0 Å². The molecule has 0 atom stereocenters. The number of hydrogen-bond acceptors (Lipinski definition) is 4. The van der Waals surface area contributed by atoms with E-state index in [1.54, 1.807) is 6.07 Å². The van der Waals surface area contributed by atoms with Gasteiger partial charge in [-0.3, -0.25) is 0 Å². The molecule has 2 aromatic rings. The molecule has 0 heterocycles. The number of anilines is 3. The number of nitrogens with zero attached hydrogens (tertiary/aromatic N) is 1. The first-order chi connectivity index (χ1) is 9.29. The van der Waals surface area contributed by atoms with Gasteiger partial charge in [-0.25, -0.2) is 13.6 Å². The summed E-state index contributed by atoms with van der Waals surface area (Å²) in [5.74, 6) is 0. The predicted octanol–water partition coefficient (Wildman–Crippen LogP) is 1.99. The van der Waals surface area contributed by atoms with Crippen molar-refractivity contribution in [1.29, 1.82) is 0 Å². The maximum Gasteiger partial charge on any atom is 0.238 e. The fourth-order valence-electron chi connectivity index (χ4n) is 1.99. The molecule has 0 unspecified atom stereocenters. The monoisotopic (exact) mass is 291 g/mol. The summed E-state index contributed by atoms with van der Waals surface area (Å²) in [6.45, 7) is 2.00. The molecule has 20 heavy (non-hydrogen) atoms. The van der Waals surface area contributed by atoms with Crippen LogP contribution in [-0.2, 0) is 10.0 Å². The lowest BCUT2D eigenvalue weighted by Gasteiger charge is -2.22. The number of nitrogen functional groups attached to an aromatic ring is 1. The van der Waals surface area contributed by atoms with Crippen LogP contribution >= 0.6 is 0 Å². The molecular formula is C14H17N3O2S. The molecule has 0 aliphatic carbocycles. The van der Waals surface area contributed by atoms with Crippen LogP contribution in [0.3, 0.4) is 0 Å². The standard InChI is InChI=1S/C14H17N3O2S/c1-10-4-3-5-11(8-10)17(2)14-7-6-12(9-13(14)15)20(16,18)19/h3-9H,15H2,1-2H3,(H2,16,18,19). The Morgan fingerprint density at radius 1 is 1.10 bits per heavy atom. The van der Waals surface area contributed by atoms with Crippen LogP contribution in [0.4, 0.5) is 17.1 Å². The maximum absolute atomic E-state index is 11.3. The highest BCUT2D eigenvalue weighted by molar-refractivity contribution is 7.89. The average Bonchev–Trinajstić information content (AvgIpc) is 2.36. The lowest BCUT2D eigenvalue weighted by molar-refractivity contribution is 0.598. The molecule has 0 aromatic heterocycles. The van der Waals surface area contributed by atoms with Gasteiger partial charge < -0.3 is 10.6 Å². The first-order valence-electron chi connectivity index (χ1n) is 6.02. The lowest BCUT2D eigenvalue weighted by atomic mass is 10.2. The van der Waals surface area contributed by atoms with Gasteiger partial charge in [0.2, 0.25) is 10.0 Å². The van der Waals surface area contributed by atoms with Crippen molar-refractivity contribution in [2.24, 2.45) is 5.14 Å². The number of rotatable bonds is 3. The van der Waals surface area contributed by atoms with Crippen molar-refractivity contribution < 1.29 is 8.42 Å². The summed E-state index contributed by atoms with van der Waals surface area (Å²) in [7, 11) is -1.87. The molecule has 106 valence electrons. The molecule has 5 nitrogen and oxygen atoms in total. The summed E-state index contributed by atoms with van der Waals surface area (Å²) in [5, 5.41) is 5.09. The summed E-state index contributed by atoms with van der Waals surface area (Å²) < 4.78 is 22.6. The van der Waals surface area contributed by atoms with E-state index in [0.29, 0.717) is 5.69 Å². The Morgan fingerprint density at radius 3 is 2.35 bits per heavy atom. The van der Waals surface area contributed by atoms with E-state index in [9.17, 15) is 8.42 Å². The van der Waals surface area contributed by atoms with Gasteiger partial charge in [-0.2, -0.15) is 0 Å². The van der Waals surface area contributed by atoms with E-state index in [1.807, 2.05) is 43.1 Å². The van der Waals surface area contributed by atoms with E-state index in [2.05, 4.69) is 0 Å². The normalized spacial score (nSPS) is 11.3. The minimum Gasteiger partial charge on any atom is -0.397 e. The number of hydrogen-bond donors (Lipinski definition) is 2. The SMILES string of the molecule is Cc1cccc(N(C)c2ccc(S(N)(=O)=O)cc2N)c1. The van der Waals surface area contributed by atoms with E-state index < -0.39 is 10.0 Å². The van der Waals surface area contributed by atoms with Crippen molar-refractivity contribution in [2.75, 3.05) is 17.7 Å². The van der Waals surface area contributed by atoms with Crippen molar-refractivity contribution in [3.63, 3.8) is 0 Å². The fourth-order valence-corrected chi connectivity index (χ4v) is 2.54. The molecule has 2 aromatic carbocycles. The molecule has 0 bridgehead atoms. The topological polar surface area (TPSA) is 89.4 Å². The second-order valence-electron chi connectivity index (χ2n) is 4.66. The minimum absolute atomic E-state index is 0.0105. The summed E-state index contributed by atoms with van der Waals surface area (Å²) in [6.07, 6.45) is 0. The number of benzene rings is 2. The van der Waals surface area contributed by atoms with Crippen molar-refractivity contribution >= 4 is 27.1 Å². The Bertz CT molecular complexity index is 742. The van der Waals surface area contributed by atoms with Crippen LogP contribution in [0.5, 0.6) is 0 Å². The number of sulfonamides is 1. The first-order valence-corrected chi connectivity index (χ1v) is 7.56. The molecule has 0 saturated heterocycles. The zero-order valence-electron chi connectivity index (χ0n) is 11.4. The van der Waals surface area contributed by atoms with E-state index >= 15 is 0 Å². The molecule has 0 radical (unpaired) electrons. The van der Waals surface area contributed by atoms with Gasteiger partial charge in [0.1, 0.15) is 0 Å². The van der Waals surface area contributed by atoms with Gasteiger partial charge in [-0.15, -0.1) is 0 Å². The van der Waals surface area contributed by atoms with Crippen LogP contribution in [0, 0.1) is 6.92 Å². The van der Waals surface area contributed by atoms with Gasteiger partial charge in [-0.1, -0.05) is 12.1 Å². The molecule has 6 heteroatoms. The Kier molecular flexibility index (Phi) is 3.69. The largest absolute Gasteiger partial charge is 0.397 e. The second-order valence-corrected chi connectivity index (χ2v) is 6.23. The van der Waals surface area contributed by atoms with Gasteiger partial charge in [0, 0.05) is 12.7 Å². The van der Waals surface area contributed by atoms with Crippen molar-refractivity contribution in [1.82, 2.24) is 0 Å². The second kappa shape index (κ2) is 5.15. The summed E-state index contributed by atoms with van der Waals surface area (Å²) in [6, 6.07) is 12.4. The number of aryl methyl sites for hydroxylation is 1. The zero-order chi connectivity index (χ0) is 14.9. The van der Waals surface area contributed by atoms with Crippen LogP contribution in [-0.4, -0.2) is 15.5 Å². The third kappa shape index (κ3) is 2.92. The Hall–Kier alpha value is -2.05. The molecule has 0 fully saturated rings. The van der Waals surface area contributed by atoms with E-state index in [0.717, 1.165) is 16.9 Å². The van der Waals surface area contributed by atoms with E-state index in [4.69, 9.17) is 10.9 Å². The van der Waals surface area contributed by atoms with E-state index in [-0.39, 0.29) is 4.90 Å². The van der Waals surface area contributed by atoms with Crippen molar-refractivity contribution in [3.05, 3.63) is 48.0 Å². The number of primary sulfonamides is 1. The van der Waals surface area contributed by atoms with Gasteiger partial charge in [-0.05, 0) is 42.8 Å². The van der Waals surface area contributed by atoms with Crippen LogP contribution in [0.2, 0.25) is 0 Å². The molecular weight excluding hydrogens is 274 g/mol. The molecule has 2 rings (SSSR count). The average molecular weight is 291 g/mol. The highest BCUT2D eigenvalue weighted by Crippen LogP contribution is 2.30. The third-order valence-electron chi connectivity index (χ3n) is 3.08. The maximum atomic E-state index is 11.3. The van der Waals surface area contributed by atoms with Crippen LogP contribution in [0.25, 0.3) is 0 Å². The lowest BCUT2D eigenvalue weighted by Crippen LogP contribution is -2.15. The van der Waals surface area contributed by atoms with E-state index in [1.165, 1.54) is 12.1 Å². The molecule has 0 aliphatic heterocycles. The summed E-state index contributed by atoms with van der Waals surface area (Å²) >= 11 is 0. The van der Waals surface area contributed by atoms with Gasteiger partial charge in [0.05, 0.1) is 16.3 Å². The Balaban J connectivity index is 2.43. The smallest absolute Gasteiger partial charge is 0.238 e. The molecule has 0 amide bonds. The summed E-state index contributed by atoms with van der Waals surface area (Å²) in [4.78, 5) is 1.91. The van der Waals surface area contributed by atoms with Crippen LogP contribution < -0.4 is 15.8 Å². The molecule has 0 aliphatic rings. The quantitative estimate of drug-likeness (QED) is 0.846. The third-order valence-corrected chi connectivity index (χ3v) is 3.99. The highest BCUT2D eigenvalue weighted by atomic mass is 32.2. The Labute approximate surface area is 118 Å². The fraction of sp³-hybridized carbons (Fsp3) is 0.143.